The first-order valence-corrected chi connectivity index (χ1v) is 8.17. The number of hydrogen-bond donors (Lipinski definition) is 2. The van der Waals surface area contributed by atoms with Crippen LogP contribution >= 0.6 is 11.3 Å². The number of ether oxygens (including phenoxy) is 1. The Balaban J connectivity index is 2.77. The Hall–Kier alpha value is -2.67. The third-order valence-corrected chi connectivity index (χ3v) is 4.43. The average molecular weight is 346 g/mol. The van der Waals surface area contributed by atoms with Crippen molar-refractivity contribution in [2.75, 3.05) is 11.9 Å². The molecule has 1 aromatic heterocycles. The predicted octanol–water partition coefficient (Wildman–Crippen LogP) is 3.75. The number of carbonyl (C=O) groups excluding carboxylic acids is 2. The van der Waals surface area contributed by atoms with Crippen LogP contribution in [0.5, 0.6) is 0 Å². The van der Waals surface area contributed by atoms with Crippen molar-refractivity contribution < 1.29 is 19.5 Å². The smallest absolute Gasteiger partial charge is 0.341 e. The highest BCUT2D eigenvalue weighted by molar-refractivity contribution is 7.19. The lowest BCUT2D eigenvalue weighted by Gasteiger charge is -2.08. The summed E-state index contributed by atoms with van der Waals surface area (Å²) >= 11 is 1.17. The van der Waals surface area contributed by atoms with E-state index in [2.05, 4.69) is 10.5 Å². The van der Waals surface area contributed by atoms with Crippen LogP contribution in [0.15, 0.2) is 35.5 Å². The van der Waals surface area contributed by atoms with Crippen LogP contribution in [-0.4, -0.2) is 29.4 Å². The molecule has 0 radical (unpaired) electrons. The third-order valence-electron chi connectivity index (χ3n) is 3.22. The van der Waals surface area contributed by atoms with Crippen LogP contribution in [-0.2, 0) is 9.53 Å². The van der Waals surface area contributed by atoms with Crippen molar-refractivity contribution in [3.63, 3.8) is 0 Å². The van der Waals surface area contributed by atoms with Gasteiger partial charge in [0, 0.05) is 12.5 Å². The van der Waals surface area contributed by atoms with Crippen molar-refractivity contribution in [1.29, 1.82) is 0 Å². The van der Waals surface area contributed by atoms with Gasteiger partial charge in [0.1, 0.15) is 10.6 Å². The fourth-order valence-corrected chi connectivity index (χ4v) is 3.45. The lowest BCUT2D eigenvalue weighted by molar-refractivity contribution is -0.114. The molecule has 2 rings (SSSR count). The van der Waals surface area contributed by atoms with Gasteiger partial charge in [0.25, 0.3) is 0 Å². The molecule has 0 aliphatic carbocycles. The van der Waals surface area contributed by atoms with E-state index in [0.29, 0.717) is 21.2 Å². The van der Waals surface area contributed by atoms with Gasteiger partial charge in [-0.25, -0.2) is 4.79 Å². The number of oxime groups is 1. The van der Waals surface area contributed by atoms with Crippen LogP contribution in [0.1, 0.15) is 36.0 Å². The Bertz CT molecular complexity index is 781. The minimum absolute atomic E-state index is 0.213. The molecule has 0 saturated heterocycles. The monoisotopic (exact) mass is 346 g/mol. The Morgan fingerprint density at radius 2 is 1.92 bits per heavy atom. The summed E-state index contributed by atoms with van der Waals surface area (Å²) in [6.45, 7) is 4.92. The number of rotatable bonds is 5. The zero-order chi connectivity index (χ0) is 17.7. The van der Waals surface area contributed by atoms with Crippen molar-refractivity contribution in [3.05, 3.63) is 40.8 Å². The zero-order valence-corrected chi connectivity index (χ0v) is 14.4. The summed E-state index contributed by atoms with van der Waals surface area (Å²) in [4.78, 5) is 24.6. The number of amides is 1. The first kappa shape index (κ1) is 17.7. The predicted molar refractivity (Wildman–Crippen MR) is 94.0 cm³/mol. The molecular weight excluding hydrogens is 328 g/mol. The number of nitrogens with zero attached hydrogens (tertiary/aromatic N) is 1. The third kappa shape index (κ3) is 3.62. The van der Waals surface area contributed by atoms with E-state index < -0.39 is 5.97 Å². The lowest BCUT2D eigenvalue weighted by atomic mass is 9.99. The molecule has 126 valence electrons. The van der Waals surface area contributed by atoms with Crippen LogP contribution in [0, 0.1) is 0 Å². The molecule has 0 fully saturated rings. The van der Waals surface area contributed by atoms with E-state index >= 15 is 0 Å². The van der Waals surface area contributed by atoms with Crippen LogP contribution in [0.25, 0.3) is 11.1 Å². The molecule has 0 saturated carbocycles. The minimum atomic E-state index is -0.534. The Labute approximate surface area is 143 Å². The average Bonchev–Trinajstić information content (AvgIpc) is 2.93. The molecule has 6 nitrogen and oxygen atoms in total. The summed E-state index contributed by atoms with van der Waals surface area (Å²) in [5, 5.41) is 15.5. The molecule has 7 heteroatoms. The Morgan fingerprint density at radius 1 is 1.25 bits per heavy atom. The van der Waals surface area contributed by atoms with Crippen LogP contribution in [0.2, 0.25) is 0 Å². The van der Waals surface area contributed by atoms with Crippen molar-refractivity contribution in [2.24, 2.45) is 5.16 Å². The first-order valence-electron chi connectivity index (χ1n) is 7.35. The number of esters is 1. The number of benzene rings is 1. The van der Waals surface area contributed by atoms with Crippen LogP contribution in [0.3, 0.4) is 0 Å². The van der Waals surface area contributed by atoms with Crippen LogP contribution < -0.4 is 5.32 Å². The van der Waals surface area contributed by atoms with E-state index in [1.165, 1.54) is 18.3 Å². The standard InChI is InChI=1S/C17H18N2O4S/c1-4-23-17(21)14-13(12-8-6-5-7-9-12)15(10(2)19-22)24-16(14)18-11(3)20/h5-9,22H,4H2,1-3H3,(H,18,20). The van der Waals surface area contributed by atoms with Crippen LogP contribution in [0.4, 0.5) is 5.00 Å². The summed E-state index contributed by atoms with van der Waals surface area (Å²) in [6.07, 6.45) is 0. The van der Waals surface area contributed by atoms with Gasteiger partial charge >= 0.3 is 5.97 Å². The summed E-state index contributed by atoms with van der Waals surface area (Å²) < 4.78 is 5.15. The van der Waals surface area contributed by atoms with Crippen molar-refractivity contribution in [3.8, 4) is 11.1 Å². The first-order chi connectivity index (χ1) is 11.5. The van der Waals surface area contributed by atoms with Gasteiger partial charge in [-0.15, -0.1) is 11.3 Å². The topological polar surface area (TPSA) is 88.0 Å². The SMILES string of the molecule is CCOC(=O)c1c(NC(C)=O)sc(C(C)=NO)c1-c1ccccc1. The second kappa shape index (κ2) is 7.74. The molecule has 1 heterocycles. The quantitative estimate of drug-likeness (QED) is 0.373. The maximum atomic E-state index is 12.5. The van der Waals surface area contributed by atoms with Gasteiger partial charge in [-0.3, -0.25) is 4.79 Å². The van der Waals surface area contributed by atoms with Gasteiger partial charge in [0.05, 0.1) is 17.2 Å². The molecule has 2 N–H and O–H groups in total. The highest BCUT2D eigenvalue weighted by Crippen LogP contribution is 2.41. The van der Waals surface area contributed by atoms with E-state index in [-0.39, 0.29) is 18.1 Å². The molecule has 0 atom stereocenters. The maximum Gasteiger partial charge on any atom is 0.341 e. The largest absolute Gasteiger partial charge is 0.462 e. The molecule has 0 spiro atoms. The highest BCUT2D eigenvalue weighted by atomic mass is 32.1. The number of carbonyl (C=O) groups is 2. The minimum Gasteiger partial charge on any atom is -0.462 e. The Morgan fingerprint density at radius 3 is 2.46 bits per heavy atom. The zero-order valence-electron chi connectivity index (χ0n) is 13.6. The second-order valence-corrected chi connectivity index (χ2v) is 5.98. The number of thiophene rings is 1. The number of hydrogen-bond acceptors (Lipinski definition) is 6. The molecular formula is C17H18N2O4S. The van der Waals surface area contributed by atoms with Crippen molar-refractivity contribution >= 4 is 33.9 Å². The fraction of sp³-hybridized carbons (Fsp3) is 0.235. The molecule has 24 heavy (non-hydrogen) atoms. The van der Waals surface area contributed by atoms with E-state index in [1.807, 2.05) is 30.3 Å². The van der Waals surface area contributed by atoms with E-state index in [9.17, 15) is 14.8 Å². The summed E-state index contributed by atoms with van der Waals surface area (Å²) in [7, 11) is 0. The van der Waals surface area contributed by atoms with E-state index in [1.54, 1.807) is 13.8 Å². The van der Waals surface area contributed by atoms with Gasteiger partial charge in [-0.1, -0.05) is 35.5 Å². The van der Waals surface area contributed by atoms with Gasteiger partial charge in [-0.05, 0) is 19.4 Å². The molecule has 0 bridgehead atoms. The van der Waals surface area contributed by atoms with Gasteiger partial charge in [-0.2, -0.15) is 0 Å². The summed E-state index contributed by atoms with van der Waals surface area (Å²) in [5.74, 6) is -0.833. The normalized spacial score (nSPS) is 11.2. The number of nitrogens with one attached hydrogen (secondary N) is 1. The number of anilines is 1. The summed E-state index contributed by atoms with van der Waals surface area (Å²) in [6, 6.07) is 9.23. The van der Waals surface area contributed by atoms with Gasteiger partial charge < -0.3 is 15.3 Å². The maximum absolute atomic E-state index is 12.5. The lowest BCUT2D eigenvalue weighted by Crippen LogP contribution is -2.11. The molecule has 0 aliphatic rings. The highest BCUT2D eigenvalue weighted by Gasteiger charge is 2.27. The molecule has 1 aromatic carbocycles. The Kier molecular flexibility index (Phi) is 5.70. The van der Waals surface area contributed by atoms with Crippen molar-refractivity contribution in [1.82, 2.24) is 0 Å². The fourth-order valence-electron chi connectivity index (χ4n) is 2.26. The van der Waals surface area contributed by atoms with E-state index in [4.69, 9.17) is 4.74 Å². The molecule has 0 aliphatic heterocycles. The molecule has 0 unspecified atom stereocenters. The second-order valence-electron chi connectivity index (χ2n) is 4.96. The molecule has 1 amide bonds. The van der Waals surface area contributed by atoms with Gasteiger partial charge in [0.15, 0.2) is 0 Å². The van der Waals surface area contributed by atoms with Gasteiger partial charge in [0.2, 0.25) is 5.91 Å². The van der Waals surface area contributed by atoms with Crippen molar-refractivity contribution in [2.45, 2.75) is 20.8 Å². The molecule has 2 aromatic rings. The summed E-state index contributed by atoms with van der Waals surface area (Å²) in [5.41, 5.74) is 1.96. The van der Waals surface area contributed by atoms with E-state index in [0.717, 1.165) is 5.56 Å².